The van der Waals surface area contributed by atoms with E-state index >= 15 is 0 Å². The number of carboxylic acids is 1. The predicted octanol–water partition coefficient (Wildman–Crippen LogP) is 3.25. The normalized spacial score (nSPS) is 14.0. The molecule has 0 aliphatic rings. The lowest BCUT2D eigenvalue weighted by Gasteiger charge is -2.59. The molecule has 0 spiro atoms. The second-order valence-corrected chi connectivity index (χ2v) is 11.2. The van der Waals surface area contributed by atoms with Crippen LogP contribution in [0.4, 0.5) is 0 Å². The van der Waals surface area contributed by atoms with Gasteiger partial charge < -0.3 is 29.9 Å². The topological polar surface area (TPSA) is 138 Å². The molecule has 4 aromatic rings. The first-order valence-electron chi connectivity index (χ1n) is 11.7. The summed E-state index contributed by atoms with van der Waals surface area (Å²) in [6, 6.07) is 29.3. The van der Waals surface area contributed by atoms with E-state index in [9.17, 15) is 34.5 Å². The summed E-state index contributed by atoms with van der Waals surface area (Å²) in [5.41, 5.74) is -0.672. The second kappa shape index (κ2) is 9.74. The lowest BCUT2D eigenvalue weighted by molar-refractivity contribution is -0.971. The van der Waals surface area contributed by atoms with Gasteiger partial charge in [0.1, 0.15) is 17.5 Å². The highest BCUT2D eigenvalue weighted by Crippen LogP contribution is 2.67. The van der Waals surface area contributed by atoms with Crippen LogP contribution in [0.25, 0.3) is 0 Å². The number of phenolic OH excluding ortho intramolecular Hbond substituents is 2. The molecule has 0 amide bonds. The van der Waals surface area contributed by atoms with Gasteiger partial charge in [-0.1, -0.05) is 91.0 Å². The number of carbonyl (C=O) groups is 1. The van der Waals surface area contributed by atoms with Gasteiger partial charge in [0.05, 0.1) is 19.7 Å². The third kappa shape index (κ3) is 3.81. The Labute approximate surface area is 220 Å². The summed E-state index contributed by atoms with van der Waals surface area (Å²) in [4.78, 5) is 35.3. The van der Waals surface area contributed by atoms with Gasteiger partial charge >= 0.3 is 7.60 Å². The molecule has 1 unspecified atom stereocenters. The molecule has 4 N–H and O–H groups in total. The van der Waals surface area contributed by atoms with Crippen molar-refractivity contribution in [1.29, 1.82) is 0 Å². The number of carbonyl (C=O) groups excluding carboxylic acids is 1. The Kier molecular flexibility index (Phi) is 6.95. The van der Waals surface area contributed by atoms with Crippen molar-refractivity contribution in [3.05, 3.63) is 131 Å². The monoisotopic (exact) mass is 533 g/mol. The summed E-state index contributed by atoms with van der Waals surface area (Å²) in [6.45, 7) is 0. The van der Waals surface area contributed by atoms with E-state index in [4.69, 9.17) is 0 Å². The number of likely N-dealkylation sites (N-methyl/N-ethyl adjacent to an activating group) is 1. The van der Waals surface area contributed by atoms with Crippen LogP contribution < -0.4 is 5.11 Å². The van der Waals surface area contributed by atoms with Crippen LogP contribution in [0.3, 0.4) is 0 Å². The van der Waals surface area contributed by atoms with Crippen molar-refractivity contribution < 1.29 is 38.9 Å². The molecule has 0 aliphatic heterocycles. The van der Waals surface area contributed by atoms with Crippen molar-refractivity contribution in [3.8, 4) is 11.5 Å². The first-order valence-corrected chi connectivity index (χ1v) is 13.3. The molecule has 0 bridgehead atoms. The number of aromatic hydroxyl groups is 2. The highest BCUT2D eigenvalue weighted by Gasteiger charge is 2.71. The van der Waals surface area contributed by atoms with Crippen LogP contribution in [-0.2, 0) is 20.2 Å². The standard InChI is InChI=1S/C29H28NO7P/c1-30(2,29(27(33)34,38(35,36)37)25-20-24(31)18-19-26(25)32)28(21-12-6-3-7-13-21,22-14-8-4-9-15-22)23-16-10-5-11-17-23/h3-20H,1-2H3,(H4-,31,32,33,34,35,36,37). The minimum atomic E-state index is -5.77. The quantitative estimate of drug-likeness (QED) is 0.118. The van der Waals surface area contributed by atoms with Gasteiger partial charge in [0.15, 0.2) is 5.54 Å². The van der Waals surface area contributed by atoms with Crippen molar-refractivity contribution in [1.82, 2.24) is 0 Å². The van der Waals surface area contributed by atoms with Gasteiger partial charge in [0.2, 0.25) is 0 Å². The number of hydrogen-bond donors (Lipinski definition) is 4. The molecule has 0 saturated carbocycles. The third-order valence-corrected chi connectivity index (χ3v) is 9.05. The van der Waals surface area contributed by atoms with Crippen LogP contribution in [-0.4, -0.2) is 44.5 Å². The van der Waals surface area contributed by atoms with E-state index in [1.165, 1.54) is 14.1 Å². The molecule has 196 valence electrons. The zero-order chi connectivity index (χ0) is 27.8. The van der Waals surface area contributed by atoms with Crippen LogP contribution in [0.15, 0.2) is 109 Å². The van der Waals surface area contributed by atoms with Crippen LogP contribution in [0.5, 0.6) is 11.5 Å². The Morgan fingerprint density at radius 2 is 1.13 bits per heavy atom. The van der Waals surface area contributed by atoms with Crippen molar-refractivity contribution in [2.75, 3.05) is 14.1 Å². The van der Waals surface area contributed by atoms with E-state index < -0.39 is 45.9 Å². The molecule has 0 heterocycles. The van der Waals surface area contributed by atoms with Crippen molar-refractivity contribution in [2.24, 2.45) is 0 Å². The predicted molar refractivity (Wildman–Crippen MR) is 140 cm³/mol. The summed E-state index contributed by atoms with van der Waals surface area (Å²) in [5, 5.41) is 31.3. The Morgan fingerprint density at radius 1 is 0.737 bits per heavy atom. The van der Waals surface area contributed by atoms with Crippen molar-refractivity contribution >= 4 is 13.6 Å². The molecule has 0 radical (unpaired) electrons. The summed E-state index contributed by atoms with van der Waals surface area (Å²) in [6.07, 6.45) is 0. The fourth-order valence-corrected chi connectivity index (χ4v) is 7.33. The molecule has 8 nitrogen and oxygen atoms in total. The Hall–Kier alpha value is -3.94. The zero-order valence-corrected chi connectivity index (χ0v) is 21.7. The number of nitrogens with zero attached hydrogens (tertiary/aromatic N) is 1. The first-order chi connectivity index (χ1) is 17.9. The van der Waals surface area contributed by atoms with E-state index in [-0.39, 0.29) is 0 Å². The molecule has 4 rings (SSSR count). The van der Waals surface area contributed by atoms with Gasteiger partial charge in [-0.25, -0.2) is 0 Å². The molecule has 38 heavy (non-hydrogen) atoms. The number of aliphatic carboxylic acids is 1. The third-order valence-electron chi connectivity index (χ3n) is 7.28. The number of benzene rings is 4. The average Bonchev–Trinajstić information content (AvgIpc) is 2.87. The largest absolute Gasteiger partial charge is 0.543 e. The van der Waals surface area contributed by atoms with Crippen LogP contribution in [0.2, 0.25) is 0 Å². The number of phenols is 2. The molecular formula is C29H28NO7P. The first kappa shape index (κ1) is 27.1. The maximum absolute atomic E-state index is 13.6. The number of quaternary nitrogens is 1. The van der Waals surface area contributed by atoms with Crippen LogP contribution in [0.1, 0.15) is 22.3 Å². The average molecular weight is 534 g/mol. The number of carboxylic acid groups (broad SMARTS) is 1. The van der Waals surface area contributed by atoms with E-state index in [0.29, 0.717) is 16.7 Å². The highest BCUT2D eigenvalue weighted by molar-refractivity contribution is 7.54. The van der Waals surface area contributed by atoms with Gasteiger partial charge in [-0.3, -0.25) is 9.05 Å². The molecule has 9 heteroatoms. The molecule has 0 saturated heterocycles. The van der Waals surface area contributed by atoms with Crippen molar-refractivity contribution in [3.63, 3.8) is 0 Å². The van der Waals surface area contributed by atoms with Crippen molar-refractivity contribution in [2.45, 2.75) is 10.8 Å². The van der Waals surface area contributed by atoms with E-state index in [1.807, 2.05) is 0 Å². The summed E-state index contributed by atoms with van der Waals surface area (Å²) >= 11 is 0. The highest BCUT2D eigenvalue weighted by atomic mass is 31.2. The minimum Gasteiger partial charge on any atom is -0.543 e. The summed E-state index contributed by atoms with van der Waals surface area (Å²) < 4.78 is 12.6. The number of rotatable bonds is 8. The van der Waals surface area contributed by atoms with E-state index in [0.717, 1.165) is 18.2 Å². The Morgan fingerprint density at radius 3 is 1.47 bits per heavy atom. The lowest BCUT2D eigenvalue weighted by Crippen LogP contribution is -2.73. The zero-order valence-electron chi connectivity index (χ0n) is 20.8. The van der Waals surface area contributed by atoms with E-state index in [2.05, 4.69) is 0 Å². The molecule has 0 aromatic heterocycles. The fourth-order valence-electron chi connectivity index (χ4n) is 5.79. The van der Waals surface area contributed by atoms with E-state index in [1.54, 1.807) is 91.0 Å². The Balaban J connectivity index is 2.32. The molecule has 4 aromatic carbocycles. The fraction of sp³-hybridized carbons (Fsp3) is 0.138. The second-order valence-electron chi connectivity index (χ2n) is 9.47. The van der Waals surface area contributed by atoms with Gasteiger partial charge in [0, 0.05) is 16.7 Å². The maximum Gasteiger partial charge on any atom is 0.396 e. The SMILES string of the molecule is C[N+](C)(C(c1ccccc1)(c1ccccc1)c1ccccc1)C(C(=O)[O-])(c1cc(O)ccc1O)P(=O)(O)O. The lowest BCUT2D eigenvalue weighted by atomic mass is 9.72. The van der Waals surface area contributed by atoms with Gasteiger partial charge in [-0.05, 0) is 18.2 Å². The Bertz CT molecular complexity index is 1390. The molecule has 0 aliphatic carbocycles. The summed E-state index contributed by atoms with van der Waals surface area (Å²) in [7, 11) is -3.01. The molecular weight excluding hydrogens is 505 g/mol. The number of hydrogen-bond acceptors (Lipinski definition) is 5. The smallest absolute Gasteiger partial charge is 0.396 e. The molecule has 1 atom stereocenters. The summed E-state index contributed by atoms with van der Waals surface area (Å²) in [5.74, 6) is -3.32. The van der Waals surface area contributed by atoms with Crippen LogP contribution in [0, 0.1) is 0 Å². The van der Waals surface area contributed by atoms with Crippen LogP contribution >= 0.6 is 7.60 Å². The maximum atomic E-state index is 13.6. The van der Waals surface area contributed by atoms with Gasteiger partial charge in [-0.2, -0.15) is 0 Å². The molecule has 0 fully saturated rings. The van der Waals surface area contributed by atoms with Gasteiger partial charge in [0.25, 0.3) is 5.28 Å². The minimum absolute atomic E-state index is 0.485. The van der Waals surface area contributed by atoms with Gasteiger partial charge in [-0.15, -0.1) is 0 Å².